The van der Waals surface area contributed by atoms with Crippen molar-refractivity contribution in [3.63, 3.8) is 0 Å². The van der Waals surface area contributed by atoms with Gasteiger partial charge in [-0.15, -0.1) is 11.8 Å². The lowest BCUT2D eigenvalue weighted by Gasteiger charge is -2.29. The molecule has 3 aromatic rings. The normalized spacial score (nSPS) is 19.9. The summed E-state index contributed by atoms with van der Waals surface area (Å²) >= 11 is 1.68. The number of nitrogens with zero attached hydrogens (tertiary/aromatic N) is 2. The van der Waals surface area contributed by atoms with E-state index in [9.17, 15) is 4.79 Å². The SMILES string of the molecule is CCOC(=O)Nc1ccc(SC[C@H]2CO[C@@](Cn3ccnc3)(c3ccc(OC)cc3)O2)cc1. The molecule has 1 saturated heterocycles. The van der Waals surface area contributed by atoms with Gasteiger partial charge in [0, 0.05) is 34.3 Å². The highest BCUT2D eigenvalue weighted by Crippen LogP contribution is 2.38. The molecule has 0 aliphatic carbocycles. The summed E-state index contributed by atoms with van der Waals surface area (Å²) in [5, 5.41) is 2.69. The Morgan fingerprint density at radius 3 is 2.70 bits per heavy atom. The lowest BCUT2D eigenvalue weighted by Crippen LogP contribution is -2.33. The number of imidazole rings is 1. The van der Waals surface area contributed by atoms with Gasteiger partial charge in [0.1, 0.15) is 5.75 Å². The fourth-order valence-corrected chi connectivity index (χ4v) is 4.42. The molecule has 8 nitrogen and oxygen atoms in total. The van der Waals surface area contributed by atoms with Crippen LogP contribution >= 0.6 is 11.8 Å². The number of ether oxygens (including phenoxy) is 4. The maximum Gasteiger partial charge on any atom is 0.411 e. The maximum atomic E-state index is 11.5. The third kappa shape index (κ3) is 5.87. The van der Waals surface area contributed by atoms with E-state index in [4.69, 9.17) is 18.9 Å². The molecule has 0 radical (unpaired) electrons. The molecule has 0 unspecified atom stereocenters. The topological polar surface area (TPSA) is 83.8 Å². The Morgan fingerprint density at radius 1 is 1.24 bits per heavy atom. The second kappa shape index (κ2) is 10.7. The van der Waals surface area contributed by atoms with Crippen molar-refractivity contribution in [1.82, 2.24) is 9.55 Å². The molecule has 1 fully saturated rings. The van der Waals surface area contributed by atoms with E-state index in [1.54, 1.807) is 38.3 Å². The van der Waals surface area contributed by atoms with Crippen LogP contribution in [0.1, 0.15) is 12.5 Å². The van der Waals surface area contributed by atoms with Crippen molar-refractivity contribution in [3.8, 4) is 5.75 Å². The van der Waals surface area contributed by atoms with Gasteiger partial charge in [-0.2, -0.15) is 0 Å². The summed E-state index contributed by atoms with van der Waals surface area (Å²) in [6.45, 7) is 3.08. The molecule has 1 aliphatic heterocycles. The van der Waals surface area contributed by atoms with Crippen molar-refractivity contribution in [2.75, 3.05) is 31.4 Å². The van der Waals surface area contributed by atoms with Gasteiger partial charge >= 0.3 is 6.09 Å². The first kappa shape index (κ1) is 23.2. The third-order valence-corrected chi connectivity index (χ3v) is 6.30. The molecule has 0 saturated carbocycles. The van der Waals surface area contributed by atoms with Gasteiger partial charge in [0.05, 0.1) is 39.3 Å². The van der Waals surface area contributed by atoms with Gasteiger partial charge in [-0.25, -0.2) is 9.78 Å². The molecule has 33 heavy (non-hydrogen) atoms. The zero-order valence-electron chi connectivity index (χ0n) is 18.6. The quantitative estimate of drug-likeness (QED) is 0.461. The zero-order valence-corrected chi connectivity index (χ0v) is 19.4. The van der Waals surface area contributed by atoms with Gasteiger partial charge in [-0.1, -0.05) is 0 Å². The number of carbonyl (C=O) groups excluding carboxylic acids is 1. The van der Waals surface area contributed by atoms with Crippen molar-refractivity contribution < 1.29 is 23.7 Å². The van der Waals surface area contributed by atoms with Crippen LogP contribution in [0.15, 0.2) is 72.1 Å². The highest BCUT2D eigenvalue weighted by molar-refractivity contribution is 7.99. The molecular weight excluding hydrogens is 442 g/mol. The fourth-order valence-electron chi connectivity index (χ4n) is 3.55. The van der Waals surface area contributed by atoms with Gasteiger partial charge in [-0.05, 0) is 55.5 Å². The van der Waals surface area contributed by atoms with Gasteiger partial charge in [0.25, 0.3) is 0 Å². The number of aromatic nitrogens is 2. The number of amides is 1. The summed E-state index contributed by atoms with van der Waals surface area (Å²) in [7, 11) is 1.64. The summed E-state index contributed by atoms with van der Waals surface area (Å²) in [5.74, 6) is 0.612. The van der Waals surface area contributed by atoms with Crippen LogP contribution in [0.4, 0.5) is 10.5 Å². The Hall–Kier alpha value is -3.01. The van der Waals surface area contributed by atoms with E-state index in [1.165, 1.54) is 0 Å². The van der Waals surface area contributed by atoms with E-state index in [2.05, 4.69) is 10.3 Å². The first-order valence-electron chi connectivity index (χ1n) is 10.7. The number of benzene rings is 2. The first-order chi connectivity index (χ1) is 16.1. The summed E-state index contributed by atoms with van der Waals surface area (Å²) in [6.07, 6.45) is 4.85. The smallest absolute Gasteiger partial charge is 0.411 e. The molecule has 174 valence electrons. The van der Waals surface area contributed by atoms with Gasteiger partial charge in [0.15, 0.2) is 0 Å². The molecule has 1 amide bonds. The summed E-state index contributed by atoms with van der Waals surface area (Å²) in [5.41, 5.74) is 1.62. The number of rotatable bonds is 9. The van der Waals surface area contributed by atoms with Gasteiger partial charge < -0.3 is 23.5 Å². The standard InChI is InChI=1S/C24H27N3O5S/c1-3-30-23(28)26-19-6-10-22(11-7-19)33-15-21-14-31-24(32-21,16-27-13-12-25-17-27)18-4-8-20(29-2)9-5-18/h4-13,17,21H,3,14-16H2,1-2H3,(H,26,28)/t21-,24-/m1/s1. The molecule has 0 spiro atoms. The molecule has 0 bridgehead atoms. The number of anilines is 1. The van der Waals surface area contributed by atoms with Crippen molar-refractivity contribution in [1.29, 1.82) is 0 Å². The zero-order chi connectivity index (χ0) is 23.1. The minimum absolute atomic E-state index is 0.0852. The minimum Gasteiger partial charge on any atom is -0.497 e. The van der Waals surface area contributed by atoms with E-state index >= 15 is 0 Å². The van der Waals surface area contributed by atoms with E-state index in [0.717, 1.165) is 22.0 Å². The Balaban J connectivity index is 1.40. The summed E-state index contributed by atoms with van der Waals surface area (Å²) in [6, 6.07) is 15.4. The second-order valence-corrected chi connectivity index (χ2v) is 8.54. The van der Waals surface area contributed by atoms with Crippen LogP contribution in [0.3, 0.4) is 0 Å². The van der Waals surface area contributed by atoms with E-state index in [-0.39, 0.29) is 6.10 Å². The Morgan fingerprint density at radius 2 is 2.03 bits per heavy atom. The lowest BCUT2D eigenvalue weighted by atomic mass is 10.1. The number of hydrogen-bond donors (Lipinski definition) is 1. The van der Waals surface area contributed by atoms with Crippen molar-refractivity contribution in [2.45, 2.75) is 30.3 Å². The molecular formula is C24H27N3O5S. The first-order valence-corrected chi connectivity index (χ1v) is 11.7. The monoisotopic (exact) mass is 469 g/mol. The number of thioether (sulfide) groups is 1. The van der Waals surface area contributed by atoms with Crippen LogP contribution in [0.2, 0.25) is 0 Å². The Kier molecular flexibility index (Phi) is 7.54. The van der Waals surface area contributed by atoms with Crippen molar-refractivity contribution in [2.24, 2.45) is 0 Å². The summed E-state index contributed by atoms with van der Waals surface area (Å²) < 4.78 is 24.9. The fraction of sp³-hybridized carbons (Fsp3) is 0.333. The van der Waals surface area contributed by atoms with Crippen LogP contribution in [0, 0.1) is 0 Å². The highest BCUT2D eigenvalue weighted by atomic mass is 32.2. The molecule has 1 N–H and O–H groups in total. The molecule has 2 heterocycles. The van der Waals surface area contributed by atoms with Gasteiger partial charge in [0.2, 0.25) is 5.79 Å². The molecule has 1 aliphatic rings. The van der Waals surface area contributed by atoms with E-state index in [1.807, 2.05) is 59.3 Å². The van der Waals surface area contributed by atoms with Gasteiger partial charge in [-0.3, -0.25) is 5.32 Å². The van der Waals surface area contributed by atoms with Crippen LogP contribution in [-0.2, 0) is 26.5 Å². The molecule has 2 atom stereocenters. The predicted octanol–water partition coefficient (Wildman–Crippen LogP) is 4.52. The summed E-state index contributed by atoms with van der Waals surface area (Å²) in [4.78, 5) is 16.8. The Labute approximate surface area is 197 Å². The average Bonchev–Trinajstić information content (AvgIpc) is 3.50. The average molecular weight is 470 g/mol. The second-order valence-electron chi connectivity index (χ2n) is 7.45. The highest BCUT2D eigenvalue weighted by Gasteiger charge is 2.43. The molecule has 1 aromatic heterocycles. The van der Waals surface area contributed by atoms with Crippen LogP contribution < -0.4 is 10.1 Å². The third-order valence-electron chi connectivity index (χ3n) is 5.15. The van der Waals surface area contributed by atoms with Crippen LogP contribution in [0.25, 0.3) is 0 Å². The van der Waals surface area contributed by atoms with E-state index in [0.29, 0.717) is 25.4 Å². The van der Waals surface area contributed by atoms with Crippen LogP contribution in [-0.4, -0.2) is 47.8 Å². The van der Waals surface area contributed by atoms with Crippen molar-refractivity contribution >= 4 is 23.5 Å². The molecule has 2 aromatic carbocycles. The number of hydrogen-bond acceptors (Lipinski definition) is 7. The Bertz CT molecular complexity index is 1030. The molecule has 4 rings (SSSR count). The van der Waals surface area contributed by atoms with Crippen LogP contribution in [0.5, 0.6) is 5.75 Å². The minimum atomic E-state index is -0.897. The van der Waals surface area contributed by atoms with Crippen molar-refractivity contribution in [3.05, 3.63) is 72.8 Å². The van der Waals surface area contributed by atoms with E-state index < -0.39 is 11.9 Å². The number of methoxy groups -OCH3 is 1. The lowest BCUT2D eigenvalue weighted by molar-refractivity contribution is -0.184. The maximum absolute atomic E-state index is 11.5. The predicted molar refractivity (Wildman–Crippen MR) is 126 cm³/mol. The molecule has 9 heteroatoms. The number of carbonyl (C=O) groups is 1. The largest absolute Gasteiger partial charge is 0.497 e. The number of nitrogens with one attached hydrogen (secondary N) is 1.